The van der Waals surface area contributed by atoms with Gasteiger partial charge in [0.25, 0.3) is 0 Å². The number of rotatable bonds is 2. The summed E-state index contributed by atoms with van der Waals surface area (Å²) in [4.78, 5) is 19.5. The highest BCUT2D eigenvalue weighted by Crippen LogP contribution is 2.22. The average Bonchev–Trinajstić information content (AvgIpc) is 2.28. The Morgan fingerprint density at radius 1 is 1.18 bits per heavy atom. The molecule has 86 valence electrons. The summed E-state index contributed by atoms with van der Waals surface area (Å²) < 4.78 is 0. The van der Waals surface area contributed by atoms with Crippen LogP contribution in [0.3, 0.4) is 0 Å². The van der Waals surface area contributed by atoms with Gasteiger partial charge in [0, 0.05) is 12.4 Å². The summed E-state index contributed by atoms with van der Waals surface area (Å²) in [5.41, 5.74) is 2.93. The molecule has 2 heterocycles. The van der Waals surface area contributed by atoms with Crippen LogP contribution in [0.2, 0.25) is 0 Å². The number of carboxylic acids is 1. The molecular weight excluding hydrogens is 216 g/mol. The highest BCUT2D eigenvalue weighted by molar-refractivity contribution is 5.95. The zero-order valence-corrected chi connectivity index (χ0v) is 9.64. The molecule has 0 fully saturated rings. The van der Waals surface area contributed by atoms with E-state index in [0.717, 1.165) is 5.56 Å². The number of aromatic carboxylic acids is 1. The highest BCUT2D eigenvalue weighted by Gasteiger charge is 2.16. The fourth-order valence-electron chi connectivity index (χ4n) is 1.69. The number of carboxylic acid groups (broad SMARTS) is 1. The van der Waals surface area contributed by atoms with Crippen LogP contribution in [0.5, 0.6) is 0 Å². The van der Waals surface area contributed by atoms with Crippen molar-refractivity contribution in [1.82, 2.24) is 9.97 Å². The van der Waals surface area contributed by atoms with E-state index in [9.17, 15) is 9.90 Å². The van der Waals surface area contributed by atoms with Crippen LogP contribution in [0.4, 0.5) is 0 Å². The number of hydrogen-bond acceptors (Lipinski definition) is 3. The van der Waals surface area contributed by atoms with Crippen LogP contribution in [-0.4, -0.2) is 21.0 Å². The Bertz CT molecular complexity index is 579. The van der Waals surface area contributed by atoms with Gasteiger partial charge in [0.15, 0.2) is 0 Å². The Kier molecular flexibility index (Phi) is 2.87. The molecule has 2 rings (SSSR count). The van der Waals surface area contributed by atoms with E-state index in [0.29, 0.717) is 17.0 Å². The molecule has 0 aromatic carbocycles. The van der Waals surface area contributed by atoms with Gasteiger partial charge >= 0.3 is 5.97 Å². The Labute approximate surface area is 99.0 Å². The highest BCUT2D eigenvalue weighted by atomic mass is 16.4. The van der Waals surface area contributed by atoms with Crippen LogP contribution in [0.1, 0.15) is 21.5 Å². The van der Waals surface area contributed by atoms with Crippen molar-refractivity contribution in [3.63, 3.8) is 0 Å². The molecule has 0 aliphatic heterocycles. The number of nitrogens with zero attached hydrogens (tertiary/aromatic N) is 2. The molecule has 0 saturated heterocycles. The van der Waals surface area contributed by atoms with Crippen molar-refractivity contribution in [2.75, 3.05) is 0 Å². The maximum atomic E-state index is 11.2. The average molecular weight is 228 g/mol. The number of carbonyl (C=O) groups is 1. The maximum absolute atomic E-state index is 11.2. The van der Waals surface area contributed by atoms with Gasteiger partial charge in [-0.2, -0.15) is 0 Å². The lowest BCUT2D eigenvalue weighted by molar-refractivity contribution is 0.0696. The molecular formula is C13H12N2O2. The molecule has 0 aliphatic carbocycles. The number of pyridine rings is 2. The van der Waals surface area contributed by atoms with Crippen molar-refractivity contribution in [1.29, 1.82) is 0 Å². The summed E-state index contributed by atoms with van der Waals surface area (Å²) in [5, 5.41) is 9.21. The molecule has 0 bridgehead atoms. The zero-order valence-electron chi connectivity index (χ0n) is 9.64. The Morgan fingerprint density at radius 3 is 2.53 bits per heavy atom. The lowest BCUT2D eigenvalue weighted by atomic mass is 10.0. The minimum Gasteiger partial charge on any atom is -0.478 e. The molecule has 0 aliphatic rings. The van der Waals surface area contributed by atoms with Crippen molar-refractivity contribution in [3.05, 3.63) is 47.3 Å². The van der Waals surface area contributed by atoms with E-state index >= 15 is 0 Å². The second-order valence-corrected chi connectivity index (χ2v) is 3.88. The largest absolute Gasteiger partial charge is 0.478 e. The fraction of sp³-hybridized carbons (Fsp3) is 0.154. The Morgan fingerprint density at radius 2 is 1.88 bits per heavy atom. The van der Waals surface area contributed by atoms with Crippen LogP contribution in [0, 0.1) is 13.8 Å². The summed E-state index contributed by atoms with van der Waals surface area (Å²) in [6.45, 7) is 3.69. The fourth-order valence-corrected chi connectivity index (χ4v) is 1.69. The standard InChI is InChI=1S/C13H12N2O2/c1-8-3-5-14-10(7-8)12-11(13(16)17)9(2)4-6-15-12/h3-7H,1-2H3,(H,16,17). The van der Waals surface area contributed by atoms with Gasteiger partial charge in [-0.25, -0.2) is 4.79 Å². The van der Waals surface area contributed by atoms with E-state index in [1.54, 1.807) is 25.4 Å². The molecule has 4 nitrogen and oxygen atoms in total. The van der Waals surface area contributed by atoms with Crippen LogP contribution in [0.15, 0.2) is 30.6 Å². The van der Waals surface area contributed by atoms with E-state index < -0.39 is 5.97 Å². The molecule has 2 aromatic rings. The van der Waals surface area contributed by atoms with Gasteiger partial charge in [-0.3, -0.25) is 9.97 Å². The lowest BCUT2D eigenvalue weighted by Gasteiger charge is -2.07. The molecule has 0 atom stereocenters. The monoisotopic (exact) mass is 228 g/mol. The Balaban J connectivity index is 2.67. The predicted octanol–water partition coefficient (Wildman–Crippen LogP) is 2.46. The molecule has 2 aromatic heterocycles. The molecule has 4 heteroatoms. The van der Waals surface area contributed by atoms with Crippen molar-refractivity contribution in [2.45, 2.75) is 13.8 Å². The number of aryl methyl sites for hydroxylation is 2. The first-order chi connectivity index (χ1) is 8.09. The zero-order chi connectivity index (χ0) is 12.4. The molecule has 17 heavy (non-hydrogen) atoms. The van der Waals surface area contributed by atoms with Crippen molar-refractivity contribution < 1.29 is 9.90 Å². The maximum Gasteiger partial charge on any atom is 0.338 e. The van der Waals surface area contributed by atoms with E-state index in [4.69, 9.17) is 0 Å². The number of hydrogen-bond donors (Lipinski definition) is 1. The summed E-state index contributed by atoms with van der Waals surface area (Å²) in [6.07, 6.45) is 3.25. The second kappa shape index (κ2) is 4.33. The van der Waals surface area contributed by atoms with Crippen molar-refractivity contribution in [3.8, 4) is 11.4 Å². The first-order valence-corrected chi connectivity index (χ1v) is 5.21. The normalized spacial score (nSPS) is 10.2. The summed E-state index contributed by atoms with van der Waals surface area (Å²) in [5.74, 6) is -0.978. The molecule has 0 unspecified atom stereocenters. The smallest absolute Gasteiger partial charge is 0.338 e. The first kappa shape index (κ1) is 11.3. The molecule has 0 spiro atoms. The molecule has 0 amide bonds. The first-order valence-electron chi connectivity index (χ1n) is 5.21. The minimum atomic E-state index is -0.978. The predicted molar refractivity (Wildman–Crippen MR) is 63.9 cm³/mol. The SMILES string of the molecule is Cc1ccnc(-c2nccc(C)c2C(=O)O)c1. The van der Waals surface area contributed by atoms with E-state index in [1.165, 1.54) is 0 Å². The summed E-state index contributed by atoms with van der Waals surface area (Å²) in [7, 11) is 0. The molecule has 0 radical (unpaired) electrons. The third-order valence-corrected chi connectivity index (χ3v) is 2.53. The van der Waals surface area contributed by atoms with E-state index in [2.05, 4.69) is 9.97 Å². The summed E-state index contributed by atoms with van der Waals surface area (Å²) in [6, 6.07) is 5.37. The van der Waals surface area contributed by atoms with Crippen LogP contribution >= 0.6 is 0 Å². The van der Waals surface area contributed by atoms with Crippen LogP contribution in [-0.2, 0) is 0 Å². The van der Waals surface area contributed by atoms with Gasteiger partial charge in [0.05, 0.1) is 11.3 Å². The van der Waals surface area contributed by atoms with Crippen LogP contribution < -0.4 is 0 Å². The van der Waals surface area contributed by atoms with Gasteiger partial charge in [0.2, 0.25) is 0 Å². The van der Waals surface area contributed by atoms with Gasteiger partial charge in [-0.05, 0) is 43.2 Å². The minimum absolute atomic E-state index is 0.214. The van der Waals surface area contributed by atoms with Crippen LogP contribution in [0.25, 0.3) is 11.4 Å². The van der Waals surface area contributed by atoms with E-state index in [-0.39, 0.29) is 5.56 Å². The quantitative estimate of drug-likeness (QED) is 0.857. The van der Waals surface area contributed by atoms with Crippen molar-refractivity contribution >= 4 is 5.97 Å². The third kappa shape index (κ3) is 2.15. The third-order valence-electron chi connectivity index (χ3n) is 2.53. The van der Waals surface area contributed by atoms with Gasteiger partial charge in [-0.1, -0.05) is 0 Å². The lowest BCUT2D eigenvalue weighted by Crippen LogP contribution is -2.05. The van der Waals surface area contributed by atoms with Gasteiger partial charge in [-0.15, -0.1) is 0 Å². The van der Waals surface area contributed by atoms with Gasteiger partial charge < -0.3 is 5.11 Å². The van der Waals surface area contributed by atoms with Gasteiger partial charge in [0.1, 0.15) is 5.69 Å². The van der Waals surface area contributed by atoms with Crippen molar-refractivity contribution in [2.24, 2.45) is 0 Å². The number of aromatic nitrogens is 2. The molecule has 0 saturated carbocycles. The van der Waals surface area contributed by atoms with E-state index in [1.807, 2.05) is 19.1 Å². The topological polar surface area (TPSA) is 63.1 Å². The molecule has 1 N–H and O–H groups in total. The second-order valence-electron chi connectivity index (χ2n) is 3.88. The Hall–Kier alpha value is -2.23. The summed E-state index contributed by atoms with van der Waals surface area (Å²) >= 11 is 0.